The summed E-state index contributed by atoms with van der Waals surface area (Å²) in [7, 11) is 1.63. The molecule has 182 valence electrons. The van der Waals surface area contributed by atoms with Gasteiger partial charge in [-0.25, -0.2) is 4.52 Å². The summed E-state index contributed by atoms with van der Waals surface area (Å²) in [4.78, 5) is 20.3. The van der Waals surface area contributed by atoms with E-state index in [9.17, 15) is 4.79 Å². The van der Waals surface area contributed by atoms with Crippen LogP contribution in [0.3, 0.4) is 0 Å². The number of methoxy groups -OCH3 is 1. The lowest BCUT2D eigenvalue weighted by molar-refractivity contribution is 0.0398. The van der Waals surface area contributed by atoms with Crippen molar-refractivity contribution in [1.29, 1.82) is 0 Å². The molecule has 9 nitrogen and oxygen atoms in total. The zero-order valence-corrected chi connectivity index (χ0v) is 20.4. The Kier molecular flexibility index (Phi) is 7.22. The van der Waals surface area contributed by atoms with Crippen LogP contribution in [0.2, 0.25) is 0 Å². The van der Waals surface area contributed by atoms with E-state index in [4.69, 9.17) is 9.47 Å². The maximum Gasteiger partial charge on any atom is 0.261 e. The molecule has 0 spiro atoms. The van der Waals surface area contributed by atoms with Gasteiger partial charge in [0.15, 0.2) is 5.65 Å². The molecule has 0 atom stereocenters. The fourth-order valence-electron chi connectivity index (χ4n) is 3.94. The highest BCUT2D eigenvalue weighted by atomic mass is 32.1. The number of aromatic nitrogens is 3. The SMILES string of the molecule is COc1cccc(CNC(=O)c2cc(-c3ccc4nc(NCCN5CCOCC5)nn4c3)cs2)c1. The number of benzene rings is 1. The van der Waals surface area contributed by atoms with Crippen molar-refractivity contribution in [3.8, 4) is 16.9 Å². The summed E-state index contributed by atoms with van der Waals surface area (Å²) in [6.07, 6.45) is 1.94. The molecule has 0 radical (unpaired) electrons. The molecule has 1 amide bonds. The van der Waals surface area contributed by atoms with Crippen molar-refractivity contribution in [2.75, 3.05) is 51.8 Å². The van der Waals surface area contributed by atoms with Crippen LogP contribution < -0.4 is 15.4 Å². The van der Waals surface area contributed by atoms with Crippen molar-refractivity contribution in [3.63, 3.8) is 0 Å². The van der Waals surface area contributed by atoms with E-state index in [1.165, 1.54) is 11.3 Å². The highest BCUT2D eigenvalue weighted by Crippen LogP contribution is 2.26. The molecule has 0 saturated carbocycles. The third kappa shape index (κ3) is 5.79. The minimum absolute atomic E-state index is 0.0994. The minimum Gasteiger partial charge on any atom is -0.497 e. The van der Waals surface area contributed by atoms with Crippen LogP contribution in [0.15, 0.2) is 54.0 Å². The molecule has 0 bridgehead atoms. The predicted octanol–water partition coefficient (Wildman–Crippen LogP) is 3.14. The number of pyridine rings is 1. The third-order valence-corrected chi connectivity index (χ3v) is 6.82. The van der Waals surface area contributed by atoms with Crippen LogP contribution in [0, 0.1) is 0 Å². The molecule has 1 aliphatic rings. The zero-order chi connectivity index (χ0) is 24.0. The van der Waals surface area contributed by atoms with Gasteiger partial charge in [-0.15, -0.1) is 16.4 Å². The molecule has 0 unspecified atom stereocenters. The fourth-order valence-corrected chi connectivity index (χ4v) is 4.77. The Labute approximate surface area is 207 Å². The topological polar surface area (TPSA) is 93.0 Å². The van der Waals surface area contributed by atoms with Crippen LogP contribution in [0.25, 0.3) is 16.8 Å². The number of carbonyl (C=O) groups is 1. The standard InChI is InChI=1S/C25H28N6O3S/c1-33-21-4-2-3-18(13-21)15-27-24(32)22-14-20(17-35-22)19-5-6-23-28-25(29-31(23)16-19)26-7-8-30-9-11-34-12-10-30/h2-6,13-14,16-17H,7-12,15H2,1H3,(H,26,29)(H,27,32). The Morgan fingerprint density at radius 1 is 1.17 bits per heavy atom. The molecule has 4 heterocycles. The normalized spacial score (nSPS) is 14.2. The second-order valence-electron chi connectivity index (χ2n) is 8.27. The first kappa shape index (κ1) is 23.3. The van der Waals surface area contributed by atoms with Gasteiger partial charge in [-0.3, -0.25) is 9.69 Å². The van der Waals surface area contributed by atoms with Crippen LogP contribution >= 0.6 is 11.3 Å². The molecule has 5 rings (SSSR count). The average molecular weight is 493 g/mol. The lowest BCUT2D eigenvalue weighted by Crippen LogP contribution is -2.39. The van der Waals surface area contributed by atoms with Gasteiger partial charge in [-0.1, -0.05) is 12.1 Å². The number of morpholine rings is 1. The Balaban J connectivity index is 1.20. The summed E-state index contributed by atoms with van der Waals surface area (Å²) < 4.78 is 12.4. The van der Waals surface area contributed by atoms with Crippen molar-refractivity contribution in [2.24, 2.45) is 0 Å². The molecule has 1 saturated heterocycles. The number of carbonyl (C=O) groups excluding carboxylic acids is 1. The summed E-state index contributed by atoms with van der Waals surface area (Å²) in [5.41, 5.74) is 3.71. The van der Waals surface area contributed by atoms with E-state index >= 15 is 0 Å². The van der Waals surface area contributed by atoms with Crippen LogP contribution in [0.4, 0.5) is 5.95 Å². The second kappa shape index (κ2) is 10.9. The monoisotopic (exact) mass is 492 g/mol. The molecule has 35 heavy (non-hydrogen) atoms. The number of rotatable bonds is 9. The number of fused-ring (bicyclic) bond motifs is 1. The van der Waals surface area contributed by atoms with Gasteiger partial charge < -0.3 is 20.1 Å². The van der Waals surface area contributed by atoms with Gasteiger partial charge in [-0.05, 0) is 46.8 Å². The average Bonchev–Trinajstić information content (AvgIpc) is 3.55. The van der Waals surface area contributed by atoms with Gasteiger partial charge in [0.1, 0.15) is 5.75 Å². The van der Waals surface area contributed by atoms with Gasteiger partial charge in [0.05, 0.1) is 25.2 Å². The van der Waals surface area contributed by atoms with E-state index in [2.05, 4.69) is 25.6 Å². The molecule has 4 aromatic rings. The number of ether oxygens (including phenoxy) is 2. The number of nitrogens with zero attached hydrogens (tertiary/aromatic N) is 4. The summed E-state index contributed by atoms with van der Waals surface area (Å²) in [6, 6.07) is 13.5. The molecule has 1 fully saturated rings. The number of hydrogen-bond donors (Lipinski definition) is 2. The van der Waals surface area contributed by atoms with Crippen LogP contribution in [0.5, 0.6) is 5.75 Å². The van der Waals surface area contributed by atoms with Crippen molar-refractivity contribution in [2.45, 2.75) is 6.54 Å². The van der Waals surface area contributed by atoms with E-state index in [0.29, 0.717) is 17.4 Å². The zero-order valence-electron chi connectivity index (χ0n) is 19.6. The molecular weight excluding hydrogens is 464 g/mol. The highest BCUT2D eigenvalue weighted by molar-refractivity contribution is 7.12. The van der Waals surface area contributed by atoms with E-state index < -0.39 is 0 Å². The third-order valence-electron chi connectivity index (χ3n) is 5.89. The van der Waals surface area contributed by atoms with Crippen molar-refractivity contribution in [3.05, 3.63) is 64.5 Å². The Morgan fingerprint density at radius 2 is 2.06 bits per heavy atom. The Hall–Kier alpha value is -3.47. The molecule has 10 heteroatoms. The number of amides is 1. The Morgan fingerprint density at radius 3 is 2.91 bits per heavy atom. The number of hydrogen-bond acceptors (Lipinski definition) is 8. The number of anilines is 1. The largest absolute Gasteiger partial charge is 0.497 e. The van der Waals surface area contributed by atoms with Crippen LogP contribution in [-0.2, 0) is 11.3 Å². The first-order valence-electron chi connectivity index (χ1n) is 11.6. The van der Waals surface area contributed by atoms with Gasteiger partial charge >= 0.3 is 0 Å². The van der Waals surface area contributed by atoms with E-state index in [1.54, 1.807) is 11.6 Å². The first-order chi connectivity index (χ1) is 17.2. The summed E-state index contributed by atoms with van der Waals surface area (Å²) in [6.45, 7) is 5.67. The van der Waals surface area contributed by atoms with Gasteiger partial charge in [0, 0.05) is 44.5 Å². The number of thiophene rings is 1. The summed E-state index contributed by atoms with van der Waals surface area (Å²) in [5, 5.41) is 12.8. The highest BCUT2D eigenvalue weighted by Gasteiger charge is 2.13. The van der Waals surface area contributed by atoms with Crippen LogP contribution in [0.1, 0.15) is 15.2 Å². The predicted molar refractivity (Wildman–Crippen MR) is 136 cm³/mol. The minimum atomic E-state index is -0.0994. The fraction of sp³-hybridized carbons (Fsp3) is 0.320. The smallest absolute Gasteiger partial charge is 0.261 e. The molecular formula is C25H28N6O3S. The van der Waals surface area contributed by atoms with Crippen molar-refractivity contribution >= 4 is 28.8 Å². The molecule has 0 aliphatic carbocycles. The van der Waals surface area contributed by atoms with E-state index in [-0.39, 0.29) is 5.91 Å². The van der Waals surface area contributed by atoms with Gasteiger partial charge in [0.2, 0.25) is 5.95 Å². The van der Waals surface area contributed by atoms with Crippen LogP contribution in [-0.4, -0.2) is 71.9 Å². The van der Waals surface area contributed by atoms with Gasteiger partial charge in [0.25, 0.3) is 5.91 Å². The van der Waals surface area contributed by atoms with Crippen molar-refractivity contribution < 1.29 is 14.3 Å². The quantitative estimate of drug-likeness (QED) is 0.371. The van der Waals surface area contributed by atoms with Crippen molar-refractivity contribution in [1.82, 2.24) is 24.8 Å². The maximum absolute atomic E-state index is 12.7. The van der Waals surface area contributed by atoms with E-state index in [1.807, 2.05) is 54.0 Å². The molecule has 2 N–H and O–H groups in total. The van der Waals surface area contributed by atoms with Gasteiger partial charge in [-0.2, -0.15) is 4.98 Å². The first-order valence-corrected chi connectivity index (χ1v) is 12.5. The molecule has 1 aliphatic heterocycles. The number of nitrogens with one attached hydrogen (secondary N) is 2. The maximum atomic E-state index is 12.7. The van der Waals surface area contributed by atoms with E-state index in [0.717, 1.165) is 67.5 Å². The molecule has 1 aromatic carbocycles. The molecule has 3 aromatic heterocycles. The summed E-state index contributed by atoms with van der Waals surface area (Å²) >= 11 is 1.42. The second-order valence-corrected chi connectivity index (χ2v) is 9.18. The Bertz CT molecular complexity index is 1300. The summed E-state index contributed by atoms with van der Waals surface area (Å²) in [5.74, 6) is 1.28. The lowest BCUT2D eigenvalue weighted by Gasteiger charge is -2.26. The lowest BCUT2D eigenvalue weighted by atomic mass is 10.1.